The predicted molar refractivity (Wildman–Crippen MR) is 121 cm³/mol. The summed E-state index contributed by atoms with van der Waals surface area (Å²) in [6, 6.07) is 16.2. The van der Waals surface area contributed by atoms with E-state index in [1.165, 1.54) is 5.56 Å². The molecule has 8 nitrogen and oxygen atoms in total. The predicted octanol–water partition coefficient (Wildman–Crippen LogP) is 4.06. The minimum atomic E-state index is 0.246. The molecular weight excluding hydrogens is 404 g/mol. The molecule has 0 amide bonds. The lowest BCUT2D eigenvalue weighted by atomic mass is 10.1. The van der Waals surface area contributed by atoms with Gasteiger partial charge in [0.15, 0.2) is 28.6 Å². The number of rotatable bonds is 8. The Labute approximate surface area is 185 Å². The van der Waals surface area contributed by atoms with E-state index in [4.69, 9.17) is 9.47 Å². The molecule has 0 radical (unpaired) electrons. The fourth-order valence-corrected chi connectivity index (χ4v) is 3.80. The summed E-state index contributed by atoms with van der Waals surface area (Å²) >= 11 is 0. The first-order valence-corrected chi connectivity index (χ1v) is 10.6. The molecule has 0 spiro atoms. The van der Waals surface area contributed by atoms with Crippen molar-refractivity contribution in [2.75, 3.05) is 7.11 Å². The largest absolute Gasteiger partial charge is 0.493 e. The van der Waals surface area contributed by atoms with Crippen LogP contribution in [-0.4, -0.2) is 36.5 Å². The van der Waals surface area contributed by atoms with Crippen LogP contribution in [0.2, 0.25) is 0 Å². The van der Waals surface area contributed by atoms with Crippen LogP contribution in [0.1, 0.15) is 30.3 Å². The second-order valence-electron chi connectivity index (χ2n) is 7.60. The fourth-order valence-electron chi connectivity index (χ4n) is 3.80. The van der Waals surface area contributed by atoms with Crippen LogP contribution in [0.15, 0.2) is 61.1 Å². The Bertz CT molecular complexity index is 1360. The van der Waals surface area contributed by atoms with Gasteiger partial charge in [-0.05, 0) is 29.7 Å². The molecule has 5 aromatic rings. The Morgan fingerprint density at radius 2 is 1.81 bits per heavy atom. The van der Waals surface area contributed by atoms with E-state index >= 15 is 0 Å². The Balaban J connectivity index is 1.40. The number of hydrogen-bond donors (Lipinski definition) is 0. The Morgan fingerprint density at radius 3 is 2.62 bits per heavy atom. The lowest BCUT2D eigenvalue weighted by molar-refractivity contribution is 0.275. The third-order valence-corrected chi connectivity index (χ3v) is 5.41. The summed E-state index contributed by atoms with van der Waals surface area (Å²) in [5.74, 6) is 2.05. The SMILES string of the molecule is CCCc1ccc(OCc2nnc3c4cnn(Cc5ccccc5)c4ncn23)c(OC)c1. The molecule has 5 rings (SSSR count). The molecule has 0 unspecified atom stereocenters. The first kappa shape index (κ1) is 20.0. The van der Waals surface area contributed by atoms with E-state index in [0.29, 0.717) is 29.5 Å². The van der Waals surface area contributed by atoms with Gasteiger partial charge in [-0.15, -0.1) is 10.2 Å². The van der Waals surface area contributed by atoms with Crippen LogP contribution in [0, 0.1) is 0 Å². The first-order valence-electron chi connectivity index (χ1n) is 10.6. The Kier molecular flexibility index (Phi) is 5.41. The second-order valence-corrected chi connectivity index (χ2v) is 7.60. The summed E-state index contributed by atoms with van der Waals surface area (Å²) in [6.45, 7) is 3.05. The number of nitrogens with zero attached hydrogens (tertiary/aromatic N) is 6. The van der Waals surface area contributed by atoms with Gasteiger partial charge in [-0.25, -0.2) is 9.67 Å². The van der Waals surface area contributed by atoms with Gasteiger partial charge in [0.05, 0.1) is 25.2 Å². The van der Waals surface area contributed by atoms with Crippen molar-refractivity contribution in [3.8, 4) is 11.5 Å². The summed E-state index contributed by atoms with van der Waals surface area (Å²) in [5, 5.41) is 14.1. The quantitative estimate of drug-likeness (QED) is 0.371. The van der Waals surface area contributed by atoms with Crippen molar-refractivity contribution in [3.05, 3.63) is 78.0 Å². The van der Waals surface area contributed by atoms with E-state index in [2.05, 4.69) is 45.4 Å². The van der Waals surface area contributed by atoms with E-state index in [0.717, 1.165) is 29.4 Å². The van der Waals surface area contributed by atoms with E-state index in [9.17, 15) is 0 Å². The highest BCUT2D eigenvalue weighted by Gasteiger charge is 2.15. The average Bonchev–Trinajstić information content (AvgIpc) is 3.43. The zero-order valence-corrected chi connectivity index (χ0v) is 18.1. The molecule has 8 heteroatoms. The van der Waals surface area contributed by atoms with E-state index in [1.807, 2.05) is 39.4 Å². The lowest BCUT2D eigenvalue weighted by Crippen LogP contribution is -2.05. The molecule has 0 bridgehead atoms. The second kappa shape index (κ2) is 8.66. The highest BCUT2D eigenvalue weighted by atomic mass is 16.5. The van der Waals surface area contributed by atoms with E-state index in [1.54, 1.807) is 19.6 Å². The number of fused-ring (bicyclic) bond motifs is 3. The molecular formula is C24H24N6O2. The molecule has 2 aromatic carbocycles. The molecule has 0 saturated heterocycles. The van der Waals surface area contributed by atoms with Crippen LogP contribution in [-0.2, 0) is 19.6 Å². The summed E-state index contributed by atoms with van der Waals surface area (Å²) < 4.78 is 15.2. The number of methoxy groups -OCH3 is 1. The first-order chi connectivity index (χ1) is 15.8. The smallest absolute Gasteiger partial charge is 0.176 e. The van der Waals surface area contributed by atoms with Crippen molar-refractivity contribution in [2.45, 2.75) is 32.9 Å². The maximum Gasteiger partial charge on any atom is 0.176 e. The molecule has 32 heavy (non-hydrogen) atoms. The topological polar surface area (TPSA) is 79.4 Å². The van der Waals surface area contributed by atoms with Gasteiger partial charge in [-0.1, -0.05) is 49.7 Å². The highest BCUT2D eigenvalue weighted by Crippen LogP contribution is 2.29. The molecule has 0 aliphatic rings. The molecule has 162 valence electrons. The van der Waals surface area contributed by atoms with Crippen LogP contribution in [0.3, 0.4) is 0 Å². The van der Waals surface area contributed by atoms with Crippen molar-refractivity contribution in [2.24, 2.45) is 0 Å². The van der Waals surface area contributed by atoms with Crippen molar-refractivity contribution in [3.63, 3.8) is 0 Å². The number of benzene rings is 2. The standard InChI is InChI=1S/C24H24N6O2/c1-3-7-17-10-11-20(21(12-17)31-2)32-15-22-27-28-24-19-13-26-30(23(19)25-16-29(22)24)14-18-8-5-4-6-9-18/h4-6,8-13,16H,3,7,14-15H2,1-2H3. The van der Waals surface area contributed by atoms with Crippen LogP contribution in [0.5, 0.6) is 11.5 Å². The van der Waals surface area contributed by atoms with Crippen LogP contribution in [0.4, 0.5) is 0 Å². The van der Waals surface area contributed by atoms with E-state index < -0.39 is 0 Å². The monoisotopic (exact) mass is 428 g/mol. The molecule has 0 atom stereocenters. The van der Waals surface area contributed by atoms with Crippen molar-refractivity contribution >= 4 is 16.7 Å². The van der Waals surface area contributed by atoms with Gasteiger partial charge >= 0.3 is 0 Å². The number of hydrogen-bond acceptors (Lipinski definition) is 6. The highest BCUT2D eigenvalue weighted by molar-refractivity contribution is 5.88. The molecule has 0 N–H and O–H groups in total. The van der Waals surface area contributed by atoms with Gasteiger partial charge in [0.25, 0.3) is 0 Å². The zero-order chi connectivity index (χ0) is 21.9. The van der Waals surface area contributed by atoms with Crippen LogP contribution >= 0.6 is 0 Å². The van der Waals surface area contributed by atoms with Crippen molar-refractivity contribution in [1.29, 1.82) is 0 Å². The lowest BCUT2D eigenvalue weighted by Gasteiger charge is -2.11. The van der Waals surface area contributed by atoms with Crippen LogP contribution < -0.4 is 9.47 Å². The molecule has 3 aromatic heterocycles. The minimum Gasteiger partial charge on any atom is -0.493 e. The normalized spacial score (nSPS) is 11.3. The molecule has 3 heterocycles. The molecule has 0 fully saturated rings. The summed E-state index contributed by atoms with van der Waals surface area (Å²) in [4.78, 5) is 4.62. The number of aromatic nitrogens is 6. The van der Waals surface area contributed by atoms with Crippen LogP contribution in [0.25, 0.3) is 16.7 Å². The summed E-state index contributed by atoms with van der Waals surface area (Å²) in [6.07, 6.45) is 5.60. The number of ether oxygens (including phenoxy) is 2. The zero-order valence-electron chi connectivity index (χ0n) is 18.1. The maximum absolute atomic E-state index is 6.01. The summed E-state index contributed by atoms with van der Waals surface area (Å²) in [5.41, 5.74) is 3.87. The Hall–Kier alpha value is -3.94. The van der Waals surface area contributed by atoms with Gasteiger partial charge in [0.1, 0.15) is 12.9 Å². The van der Waals surface area contributed by atoms with Gasteiger partial charge < -0.3 is 9.47 Å². The Morgan fingerprint density at radius 1 is 0.938 bits per heavy atom. The van der Waals surface area contributed by atoms with Gasteiger partial charge in [0, 0.05) is 0 Å². The number of aryl methyl sites for hydroxylation is 1. The molecule has 0 aliphatic carbocycles. The average molecular weight is 428 g/mol. The maximum atomic E-state index is 6.01. The molecule has 0 saturated carbocycles. The van der Waals surface area contributed by atoms with Gasteiger partial charge in [-0.3, -0.25) is 4.40 Å². The van der Waals surface area contributed by atoms with Crippen molar-refractivity contribution < 1.29 is 9.47 Å². The van der Waals surface area contributed by atoms with E-state index in [-0.39, 0.29) is 6.61 Å². The fraction of sp³-hybridized carbons (Fsp3) is 0.250. The minimum absolute atomic E-state index is 0.246. The third-order valence-electron chi connectivity index (χ3n) is 5.41. The van der Waals surface area contributed by atoms with Crippen molar-refractivity contribution in [1.82, 2.24) is 29.4 Å². The van der Waals surface area contributed by atoms with Gasteiger partial charge in [-0.2, -0.15) is 5.10 Å². The van der Waals surface area contributed by atoms with Gasteiger partial charge in [0.2, 0.25) is 0 Å². The third kappa shape index (κ3) is 3.75. The molecule has 0 aliphatic heterocycles. The summed E-state index contributed by atoms with van der Waals surface area (Å²) in [7, 11) is 1.65.